The minimum atomic E-state index is 0.909. The van der Waals surface area contributed by atoms with E-state index in [1.54, 1.807) is 7.11 Å². The molecule has 0 bridgehead atoms. The molecule has 0 N–H and O–H groups in total. The van der Waals surface area contributed by atoms with E-state index in [0.29, 0.717) is 0 Å². The van der Waals surface area contributed by atoms with E-state index in [4.69, 9.17) is 4.74 Å². The molecule has 0 fully saturated rings. The zero-order valence-corrected chi connectivity index (χ0v) is 13.3. The number of ether oxygens (including phenoxy) is 1. The Hall–Kier alpha value is -2.00. The maximum absolute atomic E-state index is 5.43. The van der Waals surface area contributed by atoms with Gasteiger partial charge < -0.3 is 14.5 Å². The van der Waals surface area contributed by atoms with E-state index in [1.807, 2.05) is 18.2 Å². The molecule has 112 valence electrons. The number of methoxy groups -OCH3 is 1. The van der Waals surface area contributed by atoms with Gasteiger partial charge >= 0.3 is 0 Å². The Morgan fingerprint density at radius 2 is 1.52 bits per heavy atom. The van der Waals surface area contributed by atoms with Crippen molar-refractivity contribution in [3.05, 3.63) is 48.5 Å². The molecule has 0 unspecified atom stereocenters. The first-order valence-corrected chi connectivity index (χ1v) is 7.21. The van der Waals surface area contributed by atoms with Crippen molar-refractivity contribution >= 4 is 5.69 Å². The van der Waals surface area contributed by atoms with Gasteiger partial charge in [-0.15, -0.1) is 0 Å². The summed E-state index contributed by atoms with van der Waals surface area (Å²) in [5.41, 5.74) is 3.54. The molecule has 2 aromatic rings. The van der Waals surface area contributed by atoms with Gasteiger partial charge in [-0.2, -0.15) is 0 Å². The fourth-order valence-electron chi connectivity index (χ4n) is 2.26. The molecule has 0 spiro atoms. The summed E-state index contributed by atoms with van der Waals surface area (Å²) in [7, 11) is 8.03. The smallest absolute Gasteiger partial charge is 0.126 e. The normalized spacial score (nSPS) is 10.7. The van der Waals surface area contributed by atoms with Gasteiger partial charge in [-0.25, -0.2) is 0 Å². The first kappa shape index (κ1) is 15.4. The summed E-state index contributed by atoms with van der Waals surface area (Å²) in [5, 5.41) is 0. The lowest BCUT2D eigenvalue weighted by Crippen LogP contribution is -2.28. The van der Waals surface area contributed by atoms with Crippen LogP contribution in [0.4, 0.5) is 5.69 Å². The minimum Gasteiger partial charge on any atom is -0.496 e. The van der Waals surface area contributed by atoms with Gasteiger partial charge in [0, 0.05) is 31.4 Å². The van der Waals surface area contributed by atoms with Gasteiger partial charge in [0.1, 0.15) is 5.75 Å². The largest absolute Gasteiger partial charge is 0.496 e. The lowest BCUT2D eigenvalue weighted by molar-refractivity contribution is 0.416. The first-order valence-electron chi connectivity index (χ1n) is 7.21. The van der Waals surface area contributed by atoms with Crippen molar-refractivity contribution < 1.29 is 4.74 Å². The van der Waals surface area contributed by atoms with Crippen molar-refractivity contribution in [2.45, 2.75) is 0 Å². The highest BCUT2D eigenvalue weighted by atomic mass is 16.5. The van der Waals surface area contributed by atoms with Crippen LogP contribution in [0.3, 0.4) is 0 Å². The predicted octanol–water partition coefficient (Wildman–Crippen LogP) is 3.36. The van der Waals surface area contributed by atoms with Crippen LogP contribution in [0.15, 0.2) is 48.5 Å². The van der Waals surface area contributed by atoms with Crippen LogP contribution < -0.4 is 9.64 Å². The summed E-state index contributed by atoms with van der Waals surface area (Å²) in [4.78, 5) is 4.46. The summed E-state index contributed by atoms with van der Waals surface area (Å²) in [6, 6.07) is 16.7. The van der Waals surface area contributed by atoms with Crippen LogP contribution in [-0.2, 0) is 0 Å². The molecule has 3 nitrogen and oxygen atoms in total. The van der Waals surface area contributed by atoms with E-state index in [0.717, 1.165) is 24.4 Å². The molecule has 0 saturated heterocycles. The highest BCUT2D eigenvalue weighted by Crippen LogP contribution is 2.30. The Bertz CT molecular complexity index is 564. The molecule has 0 aliphatic carbocycles. The standard InChI is InChI=1S/C18H24N2O/c1-19(2)13-14-20(3)16-11-9-15(10-12-16)17-7-5-6-8-18(17)21-4/h5-12H,13-14H2,1-4H3. The van der Waals surface area contributed by atoms with Crippen LogP contribution in [0.2, 0.25) is 0 Å². The number of benzene rings is 2. The third-order valence-electron chi connectivity index (χ3n) is 3.61. The molecule has 0 aromatic heterocycles. The molecule has 3 heteroatoms. The van der Waals surface area contributed by atoms with Crippen LogP contribution in [-0.4, -0.2) is 46.2 Å². The van der Waals surface area contributed by atoms with E-state index in [9.17, 15) is 0 Å². The van der Waals surface area contributed by atoms with E-state index >= 15 is 0 Å². The van der Waals surface area contributed by atoms with Crippen LogP contribution in [0.1, 0.15) is 0 Å². The van der Waals surface area contributed by atoms with E-state index in [-0.39, 0.29) is 0 Å². The summed E-state index contributed by atoms with van der Waals surface area (Å²) in [5.74, 6) is 0.909. The van der Waals surface area contributed by atoms with E-state index < -0.39 is 0 Å². The van der Waals surface area contributed by atoms with Crippen LogP contribution in [0.25, 0.3) is 11.1 Å². The number of hydrogen-bond acceptors (Lipinski definition) is 3. The van der Waals surface area contributed by atoms with Gasteiger partial charge in [-0.05, 0) is 37.9 Å². The zero-order valence-electron chi connectivity index (χ0n) is 13.3. The molecular formula is C18H24N2O. The number of nitrogens with zero attached hydrogens (tertiary/aromatic N) is 2. The van der Waals surface area contributed by atoms with Crippen molar-refractivity contribution in [1.82, 2.24) is 4.90 Å². The topological polar surface area (TPSA) is 15.7 Å². The van der Waals surface area contributed by atoms with Gasteiger partial charge in [0.05, 0.1) is 7.11 Å². The zero-order chi connectivity index (χ0) is 15.2. The molecule has 2 aromatic carbocycles. The highest BCUT2D eigenvalue weighted by molar-refractivity contribution is 5.72. The van der Waals surface area contributed by atoms with E-state index in [1.165, 1.54) is 11.3 Å². The lowest BCUT2D eigenvalue weighted by atomic mass is 10.0. The van der Waals surface area contributed by atoms with Crippen LogP contribution in [0, 0.1) is 0 Å². The molecular weight excluding hydrogens is 260 g/mol. The van der Waals surface area contributed by atoms with Gasteiger partial charge in [0.15, 0.2) is 0 Å². The van der Waals surface area contributed by atoms with Gasteiger partial charge in [0.2, 0.25) is 0 Å². The molecule has 0 radical (unpaired) electrons. The van der Waals surface area contributed by atoms with Crippen molar-refractivity contribution in [3.8, 4) is 16.9 Å². The Balaban J connectivity index is 2.15. The second kappa shape index (κ2) is 7.14. The molecule has 0 aliphatic rings. The molecule has 0 atom stereocenters. The third kappa shape index (κ3) is 3.99. The van der Waals surface area contributed by atoms with Crippen molar-refractivity contribution in [2.75, 3.05) is 46.2 Å². The Kier molecular flexibility index (Phi) is 5.23. The first-order chi connectivity index (χ1) is 10.1. The van der Waals surface area contributed by atoms with Crippen molar-refractivity contribution in [2.24, 2.45) is 0 Å². The monoisotopic (exact) mass is 284 g/mol. The highest BCUT2D eigenvalue weighted by Gasteiger charge is 2.06. The van der Waals surface area contributed by atoms with Gasteiger partial charge in [-0.3, -0.25) is 0 Å². The summed E-state index contributed by atoms with van der Waals surface area (Å²) in [6.07, 6.45) is 0. The van der Waals surface area contributed by atoms with Gasteiger partial charge in [0.25, 0.3) is 0 Å². The maximum atomic E-state index is 5.43. The number of hydrogen-bond donors (Lipinski definition) is 0. The molecule has 0 heterocycles. The molecule has 2 rings (SSSR count). The second-order valence-corrected chi connectivity index (χ2v) is 5.47. The number of para-hydroxylation sites is 1. The molecule has 21 heavy (non-hydrogen) atoms. The molecule has 0 aliphatic heterocycles. The van der Waals surface area contributed by atoms with Crippen molar-refractivity contribution in [3.63, 3.8) is 0 Å². The average Bonchev–Trinajstić information content (AvgIpc) is 2.52. The van der Waals surface area contributed by atoms with Crippen molar-refractivity contribution in [1.29, 1.82) is 0 Å². The summed E-state index contributed by atoms with van der Waals surface area (Å²) < 4.78 is 5.43. The minimum absolute atomic E-state index is 0.909. The molecule has 0 amide bonds. The Labute approximate surface area is 127 Å². The predicted molar refractivity (Wildman–Crippen MR) is 90.3 cm³/mol. The fraction of sp³-hybridized carbons (Fsp3) is 0.333. The Morgan fingerprint density at radius 1 is 0.857 bits per heavy atom. The van der Waals surface area contributed by atoms with Crippen LogP contribution in [0.5, 0.6) is 5.75 Å². The average molecular weight is 284 g/mol. The Morgan fingerprint density at radius 3 is 2.14 bits per heavy atom. The SMILES string of the molecule is COc1ccccc1-c1ccc(N(C)CCN(C)C)cc1. The number of anilines is 1. The lowest BCUT2D eigenvalue weighted by Gasteiger charge is -2.22. The van der Waals surface area contributed by atoms with Crippen LogP contribution >= 0.6 is 0 Å². The van der Waals surface area contributed by atoms with E-state index in [2.05, 4.69) is 61.3 Å². The number of likely N-dealkylation sites (N-methyl/N-ethyl adjacent to an activating group) is 2. The maximum Gasteiger partial charge on any atom is 0.126 e. The third-order valence-corrected chi connectivity index (χ3v) is 3.61. The summed E-state index contributed by atoms with van der Waals surface area (Å²) >= 11 is 0. The quantitative estimate of drug-likeness (QED) is 0.809. The molecule has 0 saturated carbocycles. The summed E-state index contributed by atoms with van der Waals surface area (Å²) in [6.45, 7) is 2.06. The number of rotatable bonds is 6. The fourth-order valence-corrected chi connectivity index (χ4v) is 2.26. The van der Waals surface area contributed by atoms with Gasteiger partial charge in [-0.1, -0.05) is 30.3 Å². The second-order valence-electron chi connectivity index (χ2n) is 5.47.